The second kappa shape index (κ2) is 16.9. The van der Waals surface area contributed by atoms with Gasteiger partial charge in [-0.15, -0.1) is 12.4 Å². The molecule has 13 atom stereocenters. The Hall–Kier alpha value is -0.460. The molecule has 8 bridgehead atoms. The summed E-state index contributed by atoms with van der Waals surface area (Å²) in [5, 5.41) is 14.0. The van der Waals surface area contributed by atoms with Gasteiger partial charge in [-0.1, -0.05) is 87.3 Å². The van der Waals surface area contributed by atoms with Crippen LogP contribution in [-0.2, 0) is 9.59 Å². The summed E-state index contributed by atoms with van der Waals surface area (Å²) in [6.45, 7) is 9.15. The van der Waals surface area contributed by atoms with E-state index in [1.54, 1.807) is 0 Å². The third-order valence-corrected chi connectivity index (χ3v) is 19.5. The minimum atomic E-state index is 0. The van der Waals surface area contributed by atoms with Crippen LogP contribution in [0.3, 0.4) is 0 Å². The summed E-state index contributed by atoms with van der Waals surface area (Å²) >= 11 is 3.38. The molecule has 12 rings (SSSR count). The molecule has 12 aliphatic carbocycles. The van der Waals surface area contributed by atoms with E-state index in [4.69, 9.17) is 10.9 Å². The molecule has 12 saturated carbocycles. The Bertz CT molecular complexity index is 1400. The van der Waals surface area contributed by atoms with Gasteiger partial charge in [-0.25, -0.2) is 0 Å². The number of rotatable bonds is 7. The van der Waals surface area contributed by atoms with Crippen LogP contribution < -0.4 is 5.73 Å². The van der Waals surface area contributed by atoms with Crippen molar-refractivity contribution in [2.75, 3.05) is 5.33 Å². The predicted octanol–water partition coefficient (Wildman–Crippen LogP) is 12.2. The lowest BCUT2D eigenvalue weighted by Gasteiger charge is -2.39. The van der Waals surface area contributed by atoms with Crippen LogP contribution in [0.15, 0.2) is 5.16 Å². The van der Waals surface area contributed by atoms with Gasteiger partial charge in [0.2, 0.25) is 0 Å². The molecule has 12 fully saturated rings. The highest BCUT2D eigenvalue weighted by molar-refractivity contribution is 9.09. The molecule has 0 heterocycles. The quantitative estimate of drug-likeness (QED) is 0.152. The molecule has 0 unspecified atom stereocenters. The van der Waals surface area contributed by atoms with Gasteiger partial charge in [-0.05, 0) is 168 Å². The molecule has 0 aliphatic heterocycles. The van der Waals surface area contributed by atoms with Crippen LogP contribution >= 0.6 is 28.3 Å². The van der Waals surface area contributed by atoms with Crippen molar-refractivity contribution in [1.82, 2.24) is 0 Å². The van der Waals surface area contributed by atoms with E-state index in [-0.39, 0.29) is 23.2 Å². The molecule has 0 radical (unpaired) electrons. The summed E-state index contributed by atoms with van der Waals surface area (Å²) < 4.78 is 0. The highest BCUT2D eigenvalue weighted by Crippen LogP contribution is 2.61. The molecular weight excluding hydrogens is 768 g/mol. The normalized spacial score (nSPS) is 47.0. The van der Waals surface area contributed by atoms with Gasteiger partial charge >= 0.3 is 0 Å². The number of halogens is 2. The zero-order valence-corrected chi connectivity index (χ0v) is 37.5. The van der Waals surface area contributed by atoms with Crippen molar-refractivity contribution in [3.63, 3.8) is 0 Å². The van der Waals surface area contributed by atoms with Gasteiger partial charge in [-0.3, -0.25) is 9.59 Å². The van der Waals surface area contributed by atoms with Crippen molar-refractivity contribution in [2.24, 2.45) is 104 Å². The fraction of sp³-hybridized carbons (Fsp3) is 0.938. The fourth-order valence-corrected chi connectivity index (χ4v) is 14.8. The van der Waals surface area contributed by atoms with E-state index >= 15 is 0 Å². The number of hydrogen-bond acceptors (Lipinski definition) is 5. The van der Waals surface area contributed by atoms with Crippen molar-refractivity contribution in [2.45, 2.75) is 181 Å². The minimum absolute atomic E-state index is 0. The summed E-state index contributed by atoms with van der Waals surface area (Å²) in [5.41, 5.74) is 8.42. The zero-order chi connectivity index (χ0) is 38.0. The maximum Gasteiger partial charge on any atom is 0.142 e. The number of hydrogen-bond donors (Lipinski definition) is 2. The van der Waals surface area contributed by atoms with E-state index in [1.165, 1.54) is 153 Å². The Balaban J connectivity index is 0.000000108. The number of nitrogens with two attached hydrogens (primary N) is 1. The third-order valence-electron chi connectivity index (χ3n) is 18.5. The van der Waals surface area contributed by atoms with Crippen molar-refractivity contribution in [3.05, 3.63) is 0 Å². The van der Waals surface area contributed by atoms with Gasteiger partial charge in [0.1, 0.15) is 11.6 Å². The summed E-state index contributed by atoms with van der Waals surface area (Å²) in [6, 6.07) is 0.534. The molecular formula is C48H78BrClN2O3. The molecule has 0 aromatic heterocycles. The van der Waals surface area contributed by atoms with E-state index in [0.29, 0.717) is 46.7 Å². The van der Waals surface area contributed by atoms with Gasteiger partial charge in [0.15, 0.2) is 0 Å². The molecule has 7 heteroatoms. The topological polar surface area (TPSA) is 92.8 Å². The number of ketones is 2. The molecule has 312 valence electrons. The van der Waals surface area contributed by atoms with Crippen molar-refractivity contribution in [1.29, 1.82) is 0 Å². The van der Waals surface area contributed by atoms with E-state index in [2.05, 4.69) is 48.8 Å². The monoisotopic (exact) mass is 844 g/mol. The summed E-state index contributed by atoms with van der Waals surface area (Å²) in [5.74, 6) is 11.3. The van der Waals surface area contributed by atoms with Gasteiger partial charge in [-0.2, -0.15) is 0 Å². The summed E-state index contributed by atoms with van der Waals surface area (Å²) in [7, 11) is 0. The van der Waals surface area contributed by atoms with Gasteiger partial charge in [0.05, 0.1) is 5.71 Å². The first-order chi connectivity index (χ1) is 25.9. The smallest absolute Gasteiger partial charge is 0.142 e. The number of carbonyl (C=O) groups is 2. The van der Waals surface area contributed by atoms with Crippen LogP contribution in [0.4, 0.5) is 0 Å². The molecule has 3 N–H and O–H groups in total. The maximum absolute atomic E-state index is 12.1. The maximum atomic E-state index is 12.1. The number of nitrogens with zero attached hydrogens (tertiary/aromatic N) is 1. The molecule has 0 spiro atoms. The Kier molecular flexibility index (Phi) is 13.1. The number of alkyl halides is 1. The molecule has 0 saturated heterocycles. The van der Waals surface area contributed by atoms with Crippen LogP contribution in [-0.4, -0.2) is 33.9 Å². The van der Waals surface area contributed by atoms with Gasteiger partial charge in [0, 0.05) is 45.9 Å². The largest absolute Gasteiger partial charge is 0.411 e. The SMILES string of the molecule is BrCC1CC1.C[C@@]1(CC2CC2)[C@H]2CC[C@H](C2)[C@H]1N.C[C@H]1C(=O)[C@@H]2CC[C@H]1C2.C[C@]1(CC2CC2)/C(=N\O)[C@@H]2CC[C@H]1C2.C[C@]1(CC2CC2)C(=O)[C@@H]2CC[C@H]1C2.Cl. The first-order valence-electron chi connectivity index (χ1n) is 23.5. The van der Waals surface area contributed by atoms with Crippen molar-refractivity contribution in [3.8, 4) is 0 Å². The highest BCUT2D eigenvalue weighted by atomic mass is 79.9. The van der Waals surface area contributed by atoms with E-state index in [9.17, 15) is 9.59 Å². The fourth-order valence-electron chi connectivity index (χ4n) is 14.1. The molecule has 5 nitrogen and oxygen atoms in total. The minimum Gasteiger partial charge on any atom is -0.411 e. The second-order valence-electron chi connectivity index (χ2n) is 22.4. The van der Waals surface area contributed by atoms with Crippen LogP contribution in [0.5, 0.6) is 0 Å². The van der Waals surface area contributed by atoms with Gasteiger partial charge < -0.3 is 10.9 Å². The molecule has 55 heavy (non-hydrogen) atoms. The number of Topliss-reactive ketones (excluding diaryl/α,β-unsaturated/α-hetero) is 2. The Morgan fingerprint density at radius 1 is 0.618 bits per heavy atom. The Labute approximate surface area is 349 Å². The average molecular weight is 847 g/mol. The first-order valence-corrected chi connectivity index (χ1v) is 24.6. The lowest BCUT2D eigenvalue weighted by molar-refractivity contribution is -0.132. The number of oxime groups is 1. The molecule has 0 aromatic rings. The lowest BCUT2D eigenvalue weighted by Crippen LogP contribution is -2.44. The van der Waals surface area contributed by atoms with E-state index < -0.39 is 0 Å². The lowest BCUT2D eigenvalue weighted by atomic mass is 9.68. The summed E-state index contributed by atoms with van der Waals surface area (Å²) in [6.07, 6.45) is 31.2. The third kappa shape index (κ3) is 8.88. The molecule has 0 aromatic carbocycles. The summed E-state index contributed by atoms with van der Waals surface area (Å²) in [4.78, 5) is 23.2. The second-order valence-corrected chi connectivity index (χ2v) is 23.0. The Morgan fingerprint density at radius 2 is 1.13 bits per heavy atom. The van der Waals surface area contributed by atoms with Crippen LogP contribution in [0.25, 0.3) is 0 Å². The van der Waals surface area contributed by atoms with Crippen molar-refractivity contribution < 1.29 is 14.8 Å². The average Bonchev–Trinajstić information content (AvgIpc) is 4.15. The first kappa shape index (κ1) is 42.7. The van der Waals surface area contributed by atoms with Gasteiger partial charge in [0.25, 0.3) is 0 Å². The van der Waals surface area contributed by atoms with E-state index in [1.807, 2.05) is 0 Å². The van der Waals surface area contributed by atoms with Crippen LogP contribution in [0.2, 0.25) is 0 Å². The number of fused-ring (bicyclic) bond motifs is 8. The molecule has 0 amide bonds. The Morgan fingerprint density at radius 3 is 1.56 bits per heavy atom. The van der Waals surface area contributed by atoms with E-state index in [0.717, 1.165) is 59.0 Å². The number of carbonyl (C=O) groups excluding carboxylic acids is 2. The van der Waals surface area contributed by atoms with Crippen LogP contribution in [0, 0.1) is 93.2 Å². The predicted molar refractivity (Wildman–Crippen MR) is 230 cm³/mol. The molecule has 12 aliphatic rings. The highest BCUT2D eigenvalue weighted by Gasteiger charge is 2.57. The zero-order valence-electron chi connectivity index (χ0n) is 35.1. The standard InChI is InChI=1S/C12H19NO.C12H21N.C12H18O.C8H12O.C4H7Br.ClH/c1-12(7-8-2-3-8)10-5-4-9(6-10)11(12)13-14;2*1-12(7-8-2-3-8)10-5-4-9(6-10)11(12)13;1-5-6-2-3-7(4-6)8(5)9;5-3-4-1-2-4;/h8-10,14H,2-7H2,1H3;8-11H,2-7,13H2,1H3;8-10H,2-7H2,1H3;5-7H,2-4H2,1H3;4H,1-3H2;1H/b13-11-;;;;;/t9-,10+,12-;9-,10+,11-,12-;9-,10+,12-;5-,6+,7-;;/m1111../s1. The van der Waals surface area contributed by atoms with Crippen molar-refractivity contribution >= 4 is 45.6 Å². The van der Waals surface area contributed by atoms with Crippen LogP contribution in [0.1, 0.15) is 175 Å².